The third-order valence-electron chi connectivity index (χ3n) is 6.10. The van der Waals surface area contributed by atoms with Crippen molar-refractivity contribution in [3.8, 4) is 5.75 Å². The first-order valence-electron chi connectivity index (χ1n) is 12.8. The number of para-hydroxylation sites is 1. The van der Waals surface area contributed by atoms with Crippen LogP contribution in [0.15, 0.2) is 152 Å². The van der Waals surface area contributed by atoms with Gasteiger partial charge in [-0.3, -0.25) is 18.6 Å². The molecule has 0 saturated carbocycles. The van der Waals surface area contributed by atoms with Crippen molar-refractivity contribution in [3.63, 3.8) is 0 Å². The second-order valence-electron chi connectivity index (χ2n) is 8.88. The topological polar surface area (TPSA) is 61.8 Å². The molecule has 0 radical (unpaired) electrons. The summed E-state index contributed by atoms with van der Waals surface area (Å²) in [4.78, 5) is 27.5. The van der Waals surface area contributed by atoms with Gasteiger partial charge < -0.3 is 4.52 Å². The average molecular weight is 547 g/mol. The lowest BCUT2D eigenvalue weighted by Gasteiger charge is -2.26. The van der Waals surface area contributed by atoms with Crippen LogP contribution in [-0.4, -0.2) is 11.6 Å². The van der Waals surface area contributed by atoms with E-state index in [0.29, 0.717) is 28.0 Å². The maximum Gasteiger partial charge on any atom is 0.399 e. The number of hydrogen-bond acceptors (Lipinski definition) is 5. The van der Waals surface area contributed by atoms with Gasteiger partial charge in [-0.15, -0.1) is 0 Å². The molecule has 0 amide bonds. The molecule has 5 nitrogen and oxygen atoms in total. The molecule has 6 heteroatoms. The Morgan fingerprint density at radius 1 is 0.450 bits per heavy atom. The predicted molar refractivity (Wildman–Crippen MR) is 156 cm³/mol. The van der Waals surface area contributed by atoms with Gasteiger partial charge in [0.15, 0.2) is 23.8 Å². The molecular formula is C34H27O5P. The molecule has 2 unspecified atom stereocenters. The fourth-order valence-corrected chi connectivity index (χ4v) is 5.30. The fraction of sp³-hybridized carbons (Fsp3) is 0.0588. The van der Waals surface area contributed by atoms with Gasteiger partial charge >= 0.3 is 8.60 Å². The SMILES string of the molecule is O=C(c1ccccc1)C(OP(Oc1ccccc1)OC(C(=O)c1ccccc1)c1ccccc1)c1ccccc1. The zero-order valence-electron chi connectivity index (χ0n) is 21.6. The average Bonchev–Trinajstić information content (AvgIpc) is 3.04. The minimum Gasteiger partial charge on any atom is -0.427 e. The van der Waals surface area contributed by atoms with E-state index >= 15 is 0 Å². The number of carbonyl (C=O) groups is 2. The highest BCUT2D eigenvalue weighted by Gasteiger charge is 2.34. The van der Waals surface area contributed by atoms with E-state index in [-0.39, 0.29) is 11.6 Å². The molecule has 2 atom stereocenters. The van der Waals surface area contributed by atoms with E-state index in [2.05, 4.69) is 0 Å². The monoisotopic (exact) mass is 546 g/mol. The molecule has 0 saturated heterocycles. The molecule has 40 heavy (non-hydrogen) atoms. The van der Waals surface area contributed by atoms with E-state index in [1.807, 2.05) is 91.0 Å². The summed E-state index contributed by atoms with van der Waals surface area (Å²) >= 11 is 0. The highest BCUT2D eigenvalue weighted by atomic mass is 31.2. The molecule has 0 fully saturated rings. The van der Waals surface area contributed by atoms with Crippen LogP contribution in [0.4, 0.5) is 0 Å². The van der Waals surface area contributed by atoms with Gasteiger partial charge in [-0.25, -0.2) is 0 Å². The van der Waals surface area contributed by atoms with E-state index in [4.69, 9.17) is 13.6 Å². The van der Waals surface area contributed by atoms with Gasteiger partial charge in [-0.2, -0.15) is 0 Å². The van der Waals surface area contributed by atoms with Crippen LogP contribution in [0.2, 0.25) is 0 Å². The fourth-order valence-electron chi connectivity index (χ4n) is 4.09. The highest BCUT2D eigenvalue weighted by molar-refractivity contribution is 7.42. The van der Waals surface area contributed by atoms with E-state index in [0.717, 1.165) is 0 Å². The summed E-state index contributed by atoms with van der Waals surface area (Å²) in [6.07, 6.45) is -2.05. The summed E-state index contributed by atoms with van der Waals surface area (Å²) in [6.45, 7) is 0. The van der Waals surface area contributed by atoms with E-state index in [1.165, 1.54) is 0 Å². The maximum absolute atomic E-state index is 13.8. The maximum atomic E-state index is 13.8. The quantitative estimate of drug-likeness (QED) is 0.116. The molecule has 0 aliphatic rings. The van der Waals surface area contributed by atoms with Gasteiger partial charge in [0.1, 0.15) is 5.75 Å². The Kier molecular flexibility index (Phi) is 9.23. The summed E-state index contributed by atoms with van der Waals surface area (Å²) < 4.78 is 19.0. The molecular weight excluding hydrogens is 519 g/mol. The van der Waals surface area contributed by atoms with Crippen molar-refractivity contribution >= 4 is 20.2 Å². The molecule has 0 spiro atoms. The molecule has 0 heterocycles. The second-order valence-corrected chi connectivity index (χ2v) is 9.93. The molecule has 198 valence electrons. The number of carbonyl (C=O) groups excluding carboxylic acids is 2. The standard InChI is InChI=1S/C34H27O5P/c35-31(26-16-6-1-7-17-26)33(28-20-10-3-11-21-28)38-40(37-30-24-14-5-15-25-30)39-34(29-22-12-4-13-23-29)32(36)27-18-8-2-9-19-27/h1-25,33-34H. The molecule has 5 aromatic carbocycles. The summed E-state index contributed by atoms with van der Waals surface area (Å²) in [5.74, 6) is 0.00183. The third kappa shape index (κ3) is 6.96. The zero-order chi connectivity index (χ0) is 27.6. The molecule has 5 rings (SSSR count). The van der Waals surface area contributed by atoms with Crippen molar-refractivity contribution in [1.82, 2.24) is 0 Å². The van der Waals surface area contributed by atoms with Gasteiger partial charge in [-0.05, 0) is 23.3 Å². The Morgan fingerprint density at radius 2 is 0.775 bits per heavy atom. The minimum atomic E-state index is -2.25. The number of Topliss-reactive ketones (excluding diaryl/α,β-unsaturated/α-hetero) is 2. The highest BCUT2D eigenvalue weighted by Crippen LogP contribution is 2.50. The van der Waals surface area contributed by atoms with E-state index in [9.17, 15) is 9.59 Å². The Balaban J connectivity index is 1.53. The first-order chi connectivity index (χ1) is 19.7. The number of rotatable bonds is 12. The smallest absolute Gasteiger partial charge is 0.399 e. The molecule has 5 aromatic rings. The van der Waals surface area contributed by atoms with Gasteiger partial charge in [0, 0.05) is 11.1 Å². The first kappa shape index (κ1) is 27.2. The summed E-state index contributed by atoms with van der Waals surface area (Å²) in [6, 6.07) is 45.4. The Labute approximate surface area is 235 Å². The van der Waals surface area contributed by atoms with Crippen LogP contribution in [0.5, 0.6) is 5.75 Å². The van der Waals surface area contributed by atoms with Gasteiger partial charge in [0.2, 0.25) is 0 Å². The summed E-state index contributed by atoms with van der Waals surface area (Å²) in [5.41, 5.74) is 2.28. The number of ketones is 2. The van der Waals surface area contributed by atoms with Crippen LogP contribution in [0.1, 0.15) is 44.1 Å². The van der Waals surface area contributed by atoms with Crippen molar-refractivity contribution in [2.45, 2.75) is 12.2 Å². The van der Waals surface area contributed by atoms with Crippen molar-refractivity contribution < 1.29 is 23.2 Å². The second kappa shape index (κ2) is 13.6. The molecule has 0 bridgehead atoms. The summed E-state index contributed by atoms with van der Waals surface area (Å²) in [5, 5.41) is 0. The molecule has 0 aliphatic carbocycles. The Bertz CT molecular complexity index is 1400. The molecule has 0 aliphatic heterocycles. The molecule has 0 N–H and O–H groups in total. The first-order valence-corrected chi connectivity index (χ1v) is 13.9. The number of benzene rings is 5. The van der Waals surface area contributed by atoms with Gasteiger partial charge in [0.25, 0.3) is 0 Å². The predicted octanol–water partition coefficient (Wildman–Crippen LogP) is 8.57. The Hall–Kier alpha value is -4.41. The van der Waals surface area contributed by atoms with Crippen molar-refractivity contribution in [2.24, 2.45) is 0 Å². The van der Waals surface area contributed by atoms with Crippen LogP contribution in [-0.2, 0) is 9.05 Å². The van der Waals surface area contributed by atoms with E-state index in [1.54, 1.807) is 60.7 Å². The normalized spacial score (nSPS) is 13.1. The van der Waals surface area contributed by atoms with Crippen molar-refractivity contribution in [1.29, 1.82) is 0 Å². The van der Waals surface area contributed by atoms with Crippen LogP contribution in [0.3, 0.4) is 0 Å². The van der Waals surface area contributed by atoms with Crippen LogP contribution in [0, 0.1) is 0 Å². The lowest BCUT2D eigenvalue weighted by molar-refractivity contribution is 0.0635. The van der Waals surface area contributed by atoms with E-state index < -0.39 is 20.8 Å². The van der Waals surface area contributed by atoms with Crippen molar-refractivity contribution in [3.05, 3.63) is 174 Å². The minimum absolute atomic E-state index is 0.245. The summed E-state index contributed by atoms with van der Waals surface area (Å²) in [7, 11) is -2.25. The molecule has 0 aromatic heterocycles. The zero-order valence-corrected chi connectivity index (χ0v) is 22.5. The van der Waals surface area contributed by atoms with Gasteiger partial charge in [0.05, 0.1) is 0 Å². The van der Waals surface area contributed by atoms with Crippen LogP contribution < -0.4 is 4.52 Å². The van der Waals surface area contributed by atoms with Gasteiger partial charge in [-0.1, -0.05) is 140 Å². The number of hydrogen-bond donors (Lipinski definition) is 0. The lowest BCUT2D eigenvalue weighted by atomic mass is 10.0. The largest absolute Gasteiger partial charge is 0.427 e. The van der Waals surface area contributed by atoms with Crippen molar-refractivity contribution in [2.75, 3.05) is 0 Å². The van der Waals surface area contributed by atoms with Crippen LogP contribution >= 0.6 is 8.60 Å². The lowest BCUT2D eigenvalue weighted by Crippen LogP contribution is -2.19. The third-order valence-corrected chi connectivity index (χ3v) is 7.23. The Morgan fingerprint density at radius 3 is 1.15 bits per heavy atom. The van der Waals surface area contributed by atoms with Crippen LogP contribution in [0.25, 0.3) is 0 Å².